The SMILES string of the molecule is CC(C)CCCOCC(O)CNCCCCC(N)=O. The van der Waals surface area contributed by atoms with Crippen molar-refractivity contribution < 1.29 is 14.6 Å². The van der Waals surface area contributed by atoms with Crippen molar-refractivity contribution in [2.24, 2.45) is 11.7 Å². The Labute approximate surface area is 116 Å². The van der Waals surface area contributed by atoms with Gasteiger partial charge in [0.1, 0.15) is 0 Å². The van der Waals surface area contributed by atoms with Crippen LogP contribution in [0.15, 0.2) is 0 Å². The average molecular weight is 274 g/mol. The van der Waals surface area contributed by atoms with E-state index in [0.29, 0.717) is 32.1 Å². The topological polar surface area (TPSA) is 84.6 Å². The smallest absolute Gasteiger partial charge is 0.217 e. The number of hydrogen-bond donors (Lipinski definition) is 3. The highest BCUT2D eigenvalue weighted by atomic mass is 16.5. The Morgan fingerprint density at radius 2 is 2.05 bits per heavy atom. The van der Waals surface area contributed by atoms with E-state index < -0.39 is 6.10 Å². The number of aliphatic hydroxyl groups excluding tert-OH is 1. The molecule has 0 radical (unpaired) electrons. The van der Waals surface area contributed by atoms with Crippen LogP contribution in [-0.2, 0) is 9.53 Å². The molecule has 0 fully saturated rings. The molecule has 0 aliphatic rings. The molecule has 0 saturated carbocycles. The molecule has 5 heteroatoms. The fourth-order valence-electron chi connectivity index (χ4n) is 1.69. The molecule has 0 rings (SSSR count). The van der Waals surface area contributed by atoms with E-state index in [1.807, 2.05) is 0 Å². The number of amides is 1. The van der Waals surface area contributed by atoms with E-state index in [4.69, 9.17) is 10.5 Å². The third-order valence-electron chi connectivity index (χ3n) is 2.79. The predicted molar refractivity (Wildman–Crippen MR) is 76.8 cm³/mol. The number of carbonyl (C=O) groups excluding carboxylic acids is 1. The molecule has 1 atom stereocenters. The Morgan fingerprint density at radius 1 is 1.32 bits per heavy atom. The third-order valence-corrected chi connectivity index (χ3v) is 2.79. The molecular formula is C14H30N2O3. The molecule has 0 spiro atoms. The van der Waals surface area contributed by atoms with Crippen LogP contribution in [0.2, 0.25) is 0 Å². The molecular weight excluding hydrogens is 244 g/mol. The summed E-state index contributed by atoms with van der Waals surface area (Å²) in [4.78, 5) is 10.5. The molecule has 0 saturated heterocycles. The largest absolute Gasteiger partial charge is 0.389 e. The van der Waals surface area contributed by atoms with Crippen molar-refractivity contribution in [3.05, 3.63) is 0 Å². The Kier molecular flexibility index (Phi) is 12.0. The molecule has 0 aromatic heterocycles. The Morgan fingerprint density at radius 3 is 2.68 bits per heavy atom. The van der Waals surface area contributed by atoms with Crippen molar-refractivity contribution in [3.63, 3.8) is 0 Å². The monoisotopic (exact) mass is 274 g/mol. The highest BCUT2D eigenvalue weighted by Gasteiger charge is 2.03. The summed E-state index contributed by atoms with van der Waals surface area (Å²) in [5, 5.41) is 12.8. The minimum atomic E-state index is -0.463. The van der Waals surface area contributed by atoms with Gasteiger partial charge < -0.3 is 20.9 Å². The lowest BCUT2D eigenvalue weighted by Crippen LogP contribution is -2.31. The van der Waals surface area contributed by atoms with Gasteiger partial charge in [0.25, 0.3) is 0 Å². The molecule has 0 aromatic carbocycles. The van der Waals surface area contributed by atoms with Gasteiger partial charge in [0, 0.05) is 19.6 Å². The zero-order valence-corrected chi connectivity index (χ0v) is 12.4. The quantitative estimate of drug-likeness (QED) is 0.438. The van der Waals surface area contributed by atoms with Crippen LogP contribution in [0.25, 0.3) is 0 Å². The molecule has 0 bridgehead atoms. The summed E-state index contributed by atoms with van der Waals surface area (Å²) >= 11 is 0. The molecule has 19 heavy (non-hydrogen) atoms. The maximum atomic E-state index is 10.5. The second kappa shape index (κ2) is 12.4. The van der Waals surface area contributed by atoms with E-state index in [1.54, 1.807) is 0 Å². The predicted octanol–water partition coefficient (Wildman–Crippen LogP) is 1.05. The molecule has 4 N–H and O–H groups in total. The Bertz CT molecular complexity index is 223. The number of rotatable bonds is 13. The second-order valence-corrected chi connectivity index (χ2v) is 5.39. The summed E-state index contributed by atoms with van der Waals surface area (Å²) in [6.07, 6.45) is 3.87. The van der Waals surface area contributed by atoms with Crippen molar-refractivity contribution in [2.75, 3.05) is 26.3 Å². The summed E-state index contributed by atoms with van der Waals surface area (Å²) in [6, 6.07) is 0. The average Bonchev–Trinajstić information content (AvgIpc) is 2.32. The minimum absolute atomic E-state index is 0.255. The Balaban J connectivity index is 3.21. The highest BCUT2D eigenvalue weighted by Crippen LogP contribution is 2.03. The van der Waals surface area contributed by atoms with E-state index in [1.165, 1.54) is 0 Å². The second-order valence-electron chi connectivity index (χ2n) is 5.39. The first-order chi connectivity index (χ1) is 9.02. The lowest BCUT2D eigenvalue weighted by molar-refractivity contribution is -0.118. The van der Waals surface area contributed by atoms with Crippen molar-refractivity contribution in [2.45, 2.75) is 52.1 Å². The van der Waals surface area contributed by atoms with Gasteiger partial charge in [0.15, 0.2) is 0 Å². The summed E-state index contributed by atoms with van der Waals surface area (Å²) in [6.45, 7) is 6.80. The summed E-state index contributed by atoms with van der Waals surface area (Å²) in [7, 11) is 0. The van der Waals surface area contributed by atoms with Gasteiger partial charge in [-0.1, -0.05) is 13.8 Å². The fourth-order valence-corrected chi connectivity index (χ4v) is 1.69. The molecule has 0 heterocycles. The molecule has 0 aromatic rings. The number of aliphatic hydroxyl groups is 1. The van der Waals surface area contributed by atoms with Crippen LogP contribution in [0.5, 0.6) is 0 Å². The van der Waals surface area contributed by atoms with Crippen LogP contribution < -0.4 is 11.1 Å². The zero-order chi connectivity index (χ0) is 14.5. The molecule has 0 aliphatic carbocycles. The Hall–Kier alpha value is -0.650. The number of unbranched alkanes of at least 4 members (excludes halogenated alkanes) is 1. The van der Waals surface area contributed by atoms with E-state index in [2.05, 4.69) is 19.2 Å². The minimum Gasteiger partial charge on any atom is -0.389 e. The summed E-state index contributed by atoms with van der Waals surface area (Å²) < 4.78 is 5.40. The van der Waals surface area contributed by atoms with Gasteiger partial charge in [-0.25, -0.2) is 0 Å². The van der Waals surface area contributed by atoms with Crippen LogP contribution in [0.3, 0.4) is 0 Å². The van der Waals surface area contributed by atoms with E-state index in [-0.39, 0.29) is 5.91 Å². The fraction of sp³-hybridized carbons (Fsp3) is 0.929. The van der Waals surface area contributed by atoms with E-state index >= 15 is 0 Å². The van der Waals surface area contributed by atoms with Crippen LogP contribution in [0.4, 0.5) is 0 Å². The normalized spacial score (nSPS) is 12.8. The first-order valence-corrected chi connectivity index (χ1v) is 7.27. The molecule has 1 unspecified atom stereocenters. The number of nitrogens with one attached hydrogen (secondary N) is 1. The maximum absolute atomic E-state index is 10.5. The van der Waals surface area contributed by atoms with Gasteiger partial charge in [0.05, 0.1) is 12.7 Å². The van der Waals surface area contributed by atoms with Gasteiger partial charge in [-0.15, -0.1) is 0 Å². The van der Waals surface area contributed by atoms with Crippen molar-refractivity contribution in [1.82, 2.24) is 5.32 Å². The standard InChI is InChI=1S/C14H30N2O3/c1-12(2)6-5-9-19-11-13(17)10-16-8-4-3-7-14(15)18/h12-13,16-17H,3-11H2,1-2H3,(H2,15,18). The first kappa shape index (κ1) is 18.4. The van der Waals surface area contributed by atoms with Crippen molar-refractivity contribution in [3.8, 4) is 0 Å². The maximum Gasteiger partial charge on any atom is 0.217 e. The third kappa shape index (κ3) is 15.3. The lowest BCUT2D eigenvalue weighted by atomic mass is 10.1. The van der Waals surface area contributed by atoms with Gasteiger partial charge in [-0.3, -0.25) is 4.79 Å². The first-order valence-electron chi connectivity index (χ1n) is 7.27. The summed E-state index contributed by atoms with van der Waals surface area (Å²) in [5.41, 5.74) is 5.04. The van der Waals surface area contributed by atoms with E-state index in [0.717, 1.165) is 32.2 Å². The molecule has 0 aliphatic heterocycles. The van der Waals surface area contributed by atoms with Gasteiger partial charge >= 0.3 is 0 Å². The van der Waals surface area contributed by atoms with Crippen molar-refractivity contribution >= 4 is 5.91 Å². The molecule has 5 nitrogen and oxygen atoms in total. The molecule has 114 valence electrons. The molecule has 1 amide bonds. The number of hydrogen-bond acceptors (Lipinski definition) is 4. The van der Waals surface area contributed by atoms with E-state index in [9.17, 15) is 9.90 Å². The number of ether oxygens (including phenoxy) is 1. The number of primary amides is 1. The zero-order valence-electron chi connectivity index (χ0n) is 12.4. The summed E-state index contributed by atoms with van der Waals surface area (Å²) in [5.74, 6) is 0.449. The van der Waals surface area contributed by atoms with Crippen LogP contribution in [0.1, 0.15) is 46.0 Å². The number of carbonyl (C=O) groups is 1. The van der Waals surface area contributed by atoms with Crippen LogP contribution in [0, 0.1) is 5.92 Å². The number of nitrogens with two attached hydrogens (primary N) is 1. The van der Waals surface area contributed by atoms with Gasteiger partial charge in [0.2, 0.25) is 5.91 Å². The lowest BCUT2D eigenvalue weighted by Gasteiger charge is -2.12. The highest BCUT2D eigenvalue weighted by molar-refractivity contribution is 5.73. The van der Waals surface area contributed by atoms with Gasteiger partial charge in [-0.2, -0.15) is 0 Å². The van der Waals surface area contributed by atoms with Crippen molar-refractivity contribution in [1.29, 1.82) is 0 Å². The van der Waals surface area contributed by atoms with Crippen LogP contribution >= 0.6 is 0 Å². The van der Waals surface area contributed by atoms with Crippen LogP contribution in [-0.4, -0.2) is 43.4 Å². The van der Waals surface area contributed by atoms with Gasteiger partial charge in [-0.05, 0) is 38.1 Å².